The highest BCUT2D eigenvalue weighted by atomic mass is 15.0. The van der Waals surface area contributed by atoms with Gasteiger partial charge in [0.05, 0.1) is 6.57 Å². The Morgan fingerprint density at radius 3 is 1.18 bits per heavy atom. The molecule has 0 amide bonds. The summed E-state index contributed by atoms with van der Waals surface area (Å²) in [7, 11) is 0. The van der Waals surface area contributed by atoms with Crippen molar-refractivity contribution in [1.82, 2.24) is 15.0 Å². The summed E-state index contributed by atoms with van der Waals surface area (Å²) in [5.74, 6) is 1.87. The molecule has 0 radical (unpaired) electrons. The Kier molecular flexibility index (Phi) is 9.19. The molecule has 0 aliphatic rings. The molecule has 1 aromatic heterocycles. The lowest BCUT2D eigenvalue weighted by atomic mass is 9.87. The summed E-state index contributed by atoms with van der Waals surface area (Å²) in [6.45, 7) is 7.32. The fraction of sp³-hybridized carbons (Fsp3) is 0. The second-order valence-corrected chi connectivity index (χ2v) is 15.5. The Hall–Kier alpha value is -8.52. The highest BCUT2D eigenvalue weighted by Gasteiger charge is 2.17. The number of fused-ring (bicyclic) bond motifs is 5. The van der Waals surface area contributed by atoms with Gasteiger partial charge in [-0.25, -0.2) is 19.8 Å². The molecule has 1 heterocycles. The van der Waals surface area contributed by atoms with Crippen LogP contribution in [0.1, 0.15) is 0 Å². The van der Waals surface area contributed by atoms with E-state index in [4.69, 9.17) is 21.5 Å². The average Bonchev–Trinajstić information content (AvgIpc) is 3.36. The van der Waals surface area contributed by atoms with Gasteiger partial charge in [0.25, 0.3) is 0 Å². The Morgan fingerprint density at radius 2 is 0.629 bits per heavy atom. The van der Waals surface area contributed by atoms with Crippen LogP contribution in [0.15, 0.2) is 218 Å². The molecule has 62 heavy (non-hydrogen) atoms. The second kappa shape index (κ2) is 15.6. The standard InChI is InChI=1S/C58H36N4/c1-59-47-32-30-40(31-33-47)39-26-28-41(29-27-39)52-36-54-51-25-11-9-23-49(51)53(37-55(54)50-24-10-8-22-48(50)52)44-19-13-21-46(35-44)58-61-56(42-16-6-3-7-17-42)60-57(62-58)45-20-12-18-43(34-45)38-14-4-2-5-15-38/h2-37H. The van der Waals surface area contributed by atoms with Gasteiger partial charge in [-0.2, -0.15) is 0 Å². The molecule has 11 rings (SSSR count). The highest BCUT2D eigenvalue weighted by Crippen LogP contribution is 2.43. The number of aromatic nitrogens is 3. The molecule has 10 aromatic carbocycles. The molecule has 0 aliphatic carbocycles. The van der Waals surface area contributed by atoms with E-state index in [1.54, 1.807) is 0 Å². The lowest BCUT2D eigenvalue weighted by Crippen LogP contribution is -2.00. The first-order valence-electron chi connectivity index (χ1n) is 20.7. The molecule has 4 heteroatoms. The van der Waals surface area contributed by atoms with Crippen LogP contribution in [0, 0.1) is 6.57 Å². The predicted molar refractivity (Wildman–Crippen MR) is 257 cm³/mol. The van der Waals surface area contributed by atoms with Crippen molar-refractivity contribution in [3.05, 3.63) is 230 Å². The van der Waals surface area contributed by atoms with E-state index >= 15 is 0 Å². The molecule has 288 valence electrons. The number of rotatable bonds is 7. The summed E-state index contributed by atoms with van der Waals surface area (Å²) in [5, 5.41) is 7.19. The van der Waals surface area contributed by atoms with Crippen LogP contribution in [-0.2, 0) is 0 Å². The zero-order chi connectivity index (χ0) is 41.4. The molecule has 0 saturated carbocycles. The molecule has 0 atom stereocenters. The van der Waals surface area contributed by atoms with Crippen molar-refractivity contribution in [2.75, 3.05) is 0 Å². The zero-order valence-electron chi connectivity index (χ0n) is 33.6. The van der Waals surface area contributed by atoms with Crippen LogP contribution in [0.3, 0.4) is 0 Å². The quantitative estimate of drug-likeness (QED) is 0.119. The van der Waals surface area contributed by atoms with E-state index in [9.17, 15) is 0 Å². The van der Waals surface area contributed by atoms with E-state index in [0.29, 0.717) is 23.2 Å². The number of benzene rings is 10. The van der Waals surface area contributed by atoms with Gasteiger partial charge >= 0.3 is 0 Å². The zero-order valence-corrected chi connectivity index (χ0v) is 33.6. The highest BCUT2D eigenvalue weighted by molar-refractivity contribution is 6.23. The van der Waals surface area contributed by atoms with Gasteiger partial charge in [0.1, 0.15) is 0 Å². The molecule has 0 aliphatic heterocycles. The van der Waals surface area contributed by atoms with E-state index in [-0.39, 0.29) is 0 Å². The van der Waals surface area contributed by atoms with Crippen LogP contribution in [0.2, 0.25) is 0 Å². The van der Waals surface area contributed by atoms with Crippen molar-refractivity contribution in [1.29, 1.82) is 0 Å². The van der Waals surface area contributed by atoms with Crippen LogP contribution in [0.4, 0.5) is 5.69 Å². The lowest BCUT2D eigenvalue weighted by molar-refractivity contribution is 1.07. The minimum atomic E-state index is 0.618. The third-order valence-corrected chi connectivity index (χ3v) is 11.7. The third kappa shape index (κ3) is 6.74. The van der Waals surface area contributed by atoms with Crippen molar-refractivity contribution >= 4 is 38.0 Å². The SMILES string of the molecule is [C-]#[N+]c1ccc(-c2ccc(-c3cc4c5ccccc5c(-c5cccc(-c6nc(-c7ccccc7)nc(-c7cccc(-c8ccccc8)c7)n6)c5)cc4c4ccccc34)cc2)cc1. The Bertz CT molecular complexity index is 3500. The Labute approximate surface area is 360 Å². The maximum absolute atomic E-state index is 7.32. The minimum Gasteiger partial charge on any atom is -0.238 e. The van der Waals surface area contributed by atoms with Crippen molar-refractivity contribution in [3.8, 4) is 78.7 Å². The third-order valence-electron chi connectivity index (χ3n) is 11.7. The first-order valence-corrected chi connectivity index (χ1v) is 20.7. The summed E-state index contributed by atoms with van der Waals surface area (Å²) < 4.78 is 0. The van der Waals surface area contributed by atoms with Gasteiger partial charge in [-0.05, 0) is 101 Å². The van der Waals surface area contributed by atoms with Crippen LogP contribution in [0.5, 0.6) is 0 Å². The predicted octanol–water partition coefficient (Wildman–Crippen LogP) is 15.6. The van der Waals surface area contributed by atoms with Crippen LogP contribution >= 0.6 is 0 Å². The lowest BCUT2D eigenvalue weighted by Gasteiger charge is -2.17. The molecular weight excluding hydrogens is 753 g/mol. The summed E-state index contributed by atoms with van der Waals surface area (Å²) in [5.41, 5.74) is 12.5. The van der Waals surface area contributed by atoms with E-state index in [0.717, 1.165) is 55.6 Å². The number of hydrogen-bond acceptors (Lipinski definition) is 3. The molecule has 0 N–H and O–H groups in total. The van der Waals surface area contributed by atoms with Crippen LogP contribution in [0.25, 0.3) is 116 Å². The first-order chi connectivity index (χ1) is 30.7. The van der Waals surface area contributed by atoms with Crippen molar-refractivity contribution in [2.24, 2.45) is 0 Å². The van der Waals surface area contributed by atoms with Crippen LogP contribution < -0.4 is 0 Å². The largest absolute Gasteiger partial charge is 0.238 e. The van der Waals surface area contributed by atoms with E-state index in [1.165, 1.54) is 37.9 Å². The molecule has 0 unspecified atom stereocenters. The van der Waals surface area contributed by atoms with Gasteiger partial charge in [-0.1, -0.05) is 194 Å². The summed E-state index contributed by atoms with van der Waals surface area (Å²) in [6.07, 6.45) is 0. The fourth-order valence-corrected chi connectivity index (χ4v) is 8.64. The Balaban J connectivity index is 1.04. The van der Waals surface area contributed by atoms with Gasteiger partial charge in [0.15, 0.2) is 23.2 Å². The van der Waals surface area contributed by atoms with Gasteiger partial charge in [0.2, 0.25) is 0 Å². The maximum atomic E-state index is 7.32. The first kappa shape index (κ1) is 36.6. The summed E-state index contributed by atoms with van der Waals surface area (Å²) >= 11 is 0. The molecule has 0 fully saturated rings. The van der Waals surface area contributed by atoms with Crippen LogP contribution in [-0.4, -0.2) is 15.0 Å². The average molecular weight is 789 g/mol. The van der Waals surface area contributed by atoms with E-state index in [2.05, 4.69) is 163 Å². The van der Waals surface area contributed by atoms with Gasteiger partial charge in [-0.3, -0.25) is 0 Å². The summed E-state index contributed by atoms with van der Waals surface area (Å²) in [6, 6.07) is 76.3. The van der Waals surface area contributed by atoms with Crippen molar-refractivity contribution in [3.63, 3.8) is 0 Å². The molecule has 11 aromatic rings. The summed E-state index contributed by atoms with van der Waals surface area (Å²) in [4.78, 5) is 18.9. The van der Waals surface area contributed by atoms with Gasteiger partial charge in [-0.15, -0.1) is 0 Å². The Morgan fingerprint density at radius 1 is 0.258 bits per heavy atom. The maximum Gasteiger partial charge on any atom is 0.187 e. The minimum absolute atomic E-state index is 0.618. The van der Waals surface area contributed by atoms with Crippen molar-refractivity contribution < 1.29 is 0 Å². The van der Waals surface area contributed by atoms with Gasteiger partial charge in [0, 0.05) is 16.7 Å². The van der Waals surface area contributed by atoms with Crippen molar-refractivity contribution in [2.45, 2.75) is 0 Å². The normalized spacial score (nSPS) is 11.2. The molecule has 0 bridgehead atoms. The molecule has 4 nitrogen and oxygen atoms in total. The van der Waals surface area contributed by atoms with E-state index < -0.39 is 0 Å². The molecule has 0 saturated heterocycles. The molecular formula is C58H36N4. The number of hydrogen-bond donors (Lipinski definition) is 0. The van der Waals surface area contributed by atoms with Gasteiger partial charge < -0.3 is 0 Å². The fourth-order valence-electron chi connectivity index (χ4n) is 8.64. The molecule has 0 spiro atoms. The second-order valence-electron chi connectivity index (χ2n) is 15.5. The number of nitrogens with zero attached hydrogens (tertiary/aromatic N) is 4. The van der Waals surface area contributed by atoms with E-state index in [1.807, 2.05) is 60.7 Å². The smallest absolute Gasteiger partial charge is 0.187 e. The monoisotopic (exact) mass is 788 g/mol. The topological polar surface area (TPSA) is 43.0 Å².